The lowest BCUT2D eigenvalue weighted by molar-refractivity contribution is 0.0946. The van der Waals surface area contributed by atoms with Gasteiger partial charge in [-0.3, -0.25) is 4.79 Å². The second kappa shape index (κ2) is 5.25. The zero-order chi connectivity index (χ0) is 12.3. The summed E-state index contributed by atoms with van der Waals surface area (Å²) in [4.78, 5) is 14.5. The van der Waals surface area contributed by atoms with Crippen LogP contribution in [-0.2, 0) is 6.54 Å². The molecule has 2 N–H and O–H groups in total. The quantitative estimate of drug-likeness (QED) is 0.882. The molecule has 0 atom stereocenters. The number of rotatable bonds is 3. The largest absolute Gasteiger partial charge is 0.357 e. The Hall–Kier alpha value is -1.45. The van der Waals surface area contributed by atoms with Gasteiger partial charge in [0.15, 0.2) is 0 Å². The predicted molar refractivity (Wildman–Crippen MR) is 68.4 cm³/mol. The van der Waals surface area contributed by atoms with Crippen molar-refractivity contribution in [3.05, 3.63) is 57.8 Å². The molecule has 0 aliphatic heterocycles. The van der Waals surface area contributed by atoms with Gasteiger partial charge in [0.1, 0.15) is 5.69 Å². The van der Waals surface area contributed by atoms with Crippen LogP contribution in [-0.4, -0.2) is 10.9 Å². The third-order valence-corrected chi connectivity index (χ3v) is 2.88. The smallest absolute Gasteiger partial charge is 0.267 e. The minimum atomic E-state index is -0.166. The topological polar surface area (TPSA) is 44.9 Å². The molecule has 88 valence electrons. The van der Waals surface area contributed by atoms with E-state index in [-0.39, 0.29) is 5.91 Å². The molecule has 17 heavy (non-hydrogen) atoms. The highest BCUT2D eigenvalue weighted by atomic mass is 35.5. The third kappa shape index (κ3) is 3.02. The van der Waals surface area contributed by atoms with Crippen LogP contribution in [0.25, 0.3) is 0 Å². The number of nitrogens with one attached hydrogen (secondary N) is 2. The van der Waals surface area contributed by atoms with Crippen LogP contribution in [0.5, 0.6) is 0 Å². The molecule has 0 saturated carbocycles. The van der Waals surface area contributed by atoms with Gasteiger partial charge in [-0.25, -0.2) is 0 Å². The van der Waals surface area contributed by atoms with E-state index in [2.05, 4.69) is 10.3 Å². The number of halogens is 2. The van der Waals surface area contributed by atoms with Crippen LogP contribution >= 0.6 is 23.2 Å². The van der Waals surface area contributed by atoms with Gasteiger partial charge in [-0.1, -0.05) is 29.3 Å². The van der Waals surface area contributed by atoms with Gasteiger partial charge in [-0.05, 0) is 29.8 Å². The monoisotopic (exact) mass is 268 g/mol. The highest BCUT2D eigenvalue weighted by molar-refractivity contribution is 6.35. The molecule has 0 aliphatic carbocycles. The van der Waals surface area contributed by atoms with Crippen molar-refractivity contribution in [1.82, 2.24) is 10.3 Å². The molecule has 2 aromatic rings. The molecule has 0 aliphatic rings. The fourth-order valence-electron chi connectivity index (χ4n) is 1.41. The highest BCUT2D eigenvalue weighted by Gasteiger charge is 2.07. The van der Waals surface area contributed by atoms with Crippen LogP contribution in [0, 0.1) is 0 Å². The second-order valence-corrected chi connectivity index (χ2v) is 4.35. The number of aromatic amines is 1. The molecule has 0 radical (unpaired) electrons. The van der Waals surface area contributed by atoms with Crippen LogP contribution in [0.3, 0.4) is 0 Å². The standard InChI is InChI=1S/C12H10Cl2N2O/c13-9-4-3-8(10(14)6-9)7-16-12(17)11-2-1-5-15-11/h1-6,15H,7H2,(H,16,17). The van der Waals surface area contributed by atoms with Crippen LogP contribution < -0.4 is 5.32 Å². The van der Waals surface area contributed by atoms with Crippen molar-refractivity contribution in [2.45, 2.75) is 6.54 Å². The molecule has 0 saturated heterocycles. The van der Waals surface area contributed by atoms with E-state index in [1.54, 1.807) is 36.5 Å². The van der Waals surface area contributed by atoms with Crippen molar-refractivity contribution in [3.8, 4) is 0 Å². The van der Waals surface area contributed by atoms with Crippen LogP contribution in [0.1, 0.15) is 16.1 Å². The van der Waals surface area contributed by atoms with Crippen molar-refractivity contribution in [1.29, 1.82) is 0 Å². The van der Waals surface area contributed by atoms with E-state index in [1.165, 1.54) is 0 Å². The summed E-state index contributed by atoms with van der Waals surface area (Å²) in [6.45, 7) is 0.369. The van der Waals surface area contributed by atoms with E-state index in [4.69, 9.17) is 23.2 Å². The first kappa shape index (κ1) is 12.0. The average molecular weight is 269 g/mol. The van der Waals surface area contributed by atoms with Gasteiger partial charge in [0.25, 0.3) is 5.91 Å². The Bertz CT molecular complexity index is 523. The Kier molecular flexibility index (Phi) is 3.71. The number of H-pyrrole nitrogens is 1. The molecule has 1 heterocycles. The minimum Gasteiger partial charge on any atom is -0.357 e. The molecule has 0 fully saturated rings. The average Bonchev–Trinajstić information content (AvgIpc) is 2.81. The SMILES string of the molecule is O=C(NCc1ccc(Cl)cc1Cl)c1ccc[nH]1. The summed E-state index contributed by atoms with van der Waals surface area (Å²) in [5.74, 6) is -0.166. The van der Waals surface area contributed by atoms with Crippen molar-refractivity contribution in [3.63, 3.8) is 0 Å². The summed E-state index contributed by atoms with van der Waals surface area (Å²) in [7, 11) is 0. The van der Waals surface area contributed by atoms with E-state index in [0.717, 1.165) is 5.56 Å². The molecular weight excluding hydrogens is 259 g/mol. The molecule has 2 rings (SSSR count). The van der Waals surface area contributed by atoms with Crippen molar-refractivity contribution in [2.24, 2.45) is 0 Å². The third-order valence-electron chi connectivity index (χ3n) is 2.30. The molecule has 1 aromatic carbocycles. The predicted octanol–water partition coefficient (Wildman–Crippen LogP) is 3.25. The van der Waals surface area contributed by atoms with Gasteiger partial charge >= 0.3 is 0 Å². The van der Waals surface area contributed by atoms with E-state index in [1.807, 2.05) is 0 Å². The number of carbonyl (C=O) groups excluding carboxylic acids is 1. The summed E-state index contributed by atoms with van der Waals surface area (Å²) >= 11 is 11.8. The molecule has 0 unspecified atom stereocenters. The molecule has 0 bridgehead atoms. The van der Waals surface area contributed by atoms with Gasteiger partial charge in [0.05, 0.1) is 0 Å². The van der Waals surface area contributed by atoms with Gasteiger partial charge in [-0.15, -0.1) is 0 Å². The number of hydrogen-bond acceptors (Lipinski definition) is 1. The Morgan fingerprint density at radius 3 is 2.76 bits per heavy atom. The normalized spacial score (nSPS) is 10.2. The van der Waals surface area contributed by atoms with E-state index in [9.17, 15) is 4.79 Å². The summed E-state index contributed by atoms with van der Waals surface area (Å²) in [5.41, 5.74) is 1.35. The minimum absolute atomic E-state index is 0.166. The van der Waals surface area contributed by atoms with Crippen molar-refractivity contribution < 1.29 is 4.79 Å². The molecule has 5 heteroatoms. The lowest BCUT2D eigenvalue weighted by atomic mass is 10.2. The Balaban J connectivity index is 2.01. The lowest BCUT2D eigenvalue weighted by Crippen LogP contribution is -2.23. The van der Waals surface area contributed by atoms with E-state index < -0.39 is 0 Å². The Morgan fingerprint density at radius 2 is 2.12 bits per heavy atom. The molecule has 1 amide bonds. The molecule has 1 aromatic heterocycles. The first-order valence-corrected chi connectivity index (χ1v) is 5.78. The summed E-state index contributed by atoms with van der Waals surface area (Å²) in [6, 6.07) is 8.66. The second-order valence-electron chi connectivity index (χ2n) is 3.50. The first-order chi connectivity index (χ1) is 8.16. The molecule has 3 nitrogen and oxygen atoms in total. The van der Waals surface area contributed by atoms with Crippen LogP contribution in [0.4, 0.5) is 0 Å². The molecular formula is C12H10Cl2N2O. The maximum Gasteiger partial charge on any atom is 0.267 e. The number of benzene rings is 1. The zero-order valence-electron chi connectivity index (χ0n) is 8.84. The maximum absolute atomic E-state index is 11.6. The number of carbonyl (C=O) groups is 1. The fourth-order valence-corrected chi connectivity index (χ4v) is 1.88. The Labute approximate surface area is 109 Å². The maximum atomic E-state index is 11.6. The van der Waals surface area contributed by atoms with Gasteiger partial charge in [-0.2, -0.15) is 0 Å². The fraction of sp³-hybridized carbons (Fsp3) is 0.0833. The number of aromatic nitrogens is 1. The summed E-state index contributed by atoms with van der Waals surface area (Å²) in [6.07, 6.45) is 1.70. The van der Waals surface area contributed by atoms with Crippen molar-refractivity contribution >= 4 is 29.1 Å². The van der Waals surface area contributed by atoms with Crippen molar-refractivity contribution in [2.75, 3.05) is 0 Å². The van der Waals surface area contributed by atoms with Gasteiger partial charge < -0.3 is 10.3 Å². The summed E-state index contributed by atoms with van der Waals surface area (Å²) < 4.78 is 0. The van der Waals surface area contributed by atoms with E-state index >= 15 is 0 Å². The zero-order valence-corrected chi connectivity index (χ0v) is 10.3. The summed E-state index contributed by atoms with van der Waals surface area (Å²) in [5, 5.41) is 3.89. The first-order valence-electron chi connectivity index (χ1n) is 5.02. The Morgan fingerprint density at radius 1 is 1.29 bits per heavy atom. The van der Waals surface area contributed by atoms with Gasteiger partial charge in [0.2, 0.25) is 0 Å². The number of amides is 1. The molecule has 0 spiro atoms. The highest BCUT2D eigenvalue weighted by Crippen LogP contribution is 2.20. The van der Waals surface area contributed by atoms with E-state index in [0.29, 0.717) is 22.3 Å². The number of hydrogen-bond donors (Lipinski definition) is 2. The van der Waals surface area contributed by atoms with Crippen LogP contribution in [0.15, 0.2) is 36.5 Å². The lowest BCUT2D eigenvalue weighted by Gasteiger charge is -2.06. The van der Waals surface area contributed by atoms with Gasteiger partial charge in [0, 0.05) is 22.8 Å². The van der Waals surface area contributed by atoms with Crippen LogP contribution in [0.2, 0.25) is 10.0 Å².